The van der Waals surface area contributed by atoms with Crippen molar-refractivity contribution in [3.63, 3.8) is 0 Å². The van der Waals surface area contributed by atoms with E-state index in [9.17, 15) is 15.0 Å². The summed E-state index contributed by atoms with van der Waals surface area (Å²) in [6.45, 7) is 7.04. The highest BCUT2D eigenvalue weighted by atomic mass is 16.5. The zero-order chi connectivity index (χ0) is 21.7. The van der Waals surface area contributed by atoms with Gasteiger partial charge in [-0.2, -0.15) is 0 Å². The lowest BCUT2D eigenvalue weighted by molar-refractivity contribution is 0.134. The van der Waals surface area contributed by atoms with Crippen molar-refractivity contribution >= 4 is 23.1 Å². The SMILES string of the molecule is CC(C)(O)C=Cc1c2c(c3oc(-c4ccccc4)cc(=O)c3c1O)C=CC(C)(C)O2. The van der Waals surface area contributed by atoms with Gasteiger partial charge in [0.15, 0.2) is 11.0 Å². The number of phenolic OH excluding ortho intramolecular Hbond substituents is 1. The molecule has 2 heterocycles. The Morgan fingerprint density at radius 3 is 2.50 bits per heavy atom. The molecule has 3 aromatic rings. The second kappa shape index (κ2) is 6.89. The summed E-state index contributed by atoms with van der Waals surface area (Å²) in [5.41, 5.74) is -0.133. The molecule has 4 rings (SSSR count). The molecule has 1 aromatic heterocycles. The highest BCUT2D eigenvalue weighted by Gasteiger charge is 2.30. The van der Waals surface area contributed by atoms with Crippen molar-refractivity contribution in [2.24, 2.45) is 0 Å². The molecule has 0 fully saturated rings. The highest BCUT2D eigenvalue weighted by Crippen LogP contribution is 2.45. The quantitative estimate of drug-likeness (QED) is 0.632. The summed E-state index contributed by atoms with van der Waals surface area (Å²) in [7, 11) is 0. The molecule has 5 nitrogen and oxygen atoms in total. The Hall–Kier alpha value is -3.31. The molecule has 0 saturated carbocycles. The zero-order valence-electron chi connectivity index (χ0n) is 17.4. The van der Waals surface area contributed by atoms with E-state index in [1.807, 2.05) is 56.3 Å². The van der Waals surface area contributed by atoms with Gasteiger partial charge in [-0.3, -0.25) is 4.79 Å². The molecule has 0 atom stereocenters. The number of fused-ring (bicyclic) bond motifs is 3. The number of aromatic hydroxyl groups is 1. The van der Waals surface area contributed by atoms with Crippen LogP contribution in [0.3, 0.4) is 0 Å². The van der Waals surface area contributed by atoms with Crippen LogP contribution in [0.4, 0.5) is 0 Å². The maximum Gasteiger partial charge on any atom is 0.197 e. The van der Waals surface area contributed by atoms with Crippen LogP contribution in [0, 0.1) is 0 Å². The van der Waals surface area contributed by atoms with Crippen LogP contribution in [-0.2, 0) is 0 Å². The van der Waals surface area contributed by atoms with E-state index in [1.54, 1.807) is 26.0 Å². The third-order valence-corrected chi connectivity index (χ3v) is 4.91. The van der Waals surface area contributed by atoms with Crippen LogP contribution in [-0.4, -0.2) is 21.4 Å². The summed E-state index contributed by atoms with van der Waals surface area (Å²) in [5, 5.41) is 21.2. The second-order valence-corrected chi connectivity index (χ2v) is 8.58. The van der Waals surface area contributed by atoms with Crippen LogP contribution in [0.1, 0.15) is 38.8 Å². The highest BCUT2D eigenvalue weighted by molar-refractivity contribution is 5.98. The first-order chi connectivity index (χ1) is 14.1. The minimum Gasteiger partial charge on any atom is -0.506 e. The zero-order valence-corrected chi connectivity index (χ0v) is 17.4. The molecule has 1 aliphatic heterocycles. The minimum absolute atomic E-state index is 0.0804. The van der Waals surface area contributed by atoms with Crippen molar-refractivity contribution in [1.29, 1.82) is 0 Å². The predicted octanol–water partition coefficient (Wildman–Crippen LogP) is 5.13. The van der Waals surface area contributed by atoms with Crippen LogP contribution >= 0.6 is 0 Å². The molecule has 5 heteroatoms. The summed E-state index contributed by atoms with van der Waals surface area (Å²) in [6.07, 6.45) is 6.85. The van der Waals surface area contributed by atoms with Gasteiger partial charge in [-0.1, -0.05) is 36.4 Å². The van der Waals surface area contributed by atoms with Crippen molar-refractivity contribution in [3.05, 3.63) is 69.9 Å². The van der Waals surface area contributed by atoms with Gasteiger partial charge in [0.2, 0.25) is 0 Å². The Morgan fingerprint density at radius 2 is 1.83 bits per heavy atom. The molecular formula is C25H24O5. The average molecular weight is 404 g/mol. The van der Waals surface area contributed by atoms with Gasteiger partial charge in [0.25, 0.3) is 0 Å². The summed E-state index contributed by atoms with van der Waals surface area (Å²) >= 11 is 0. The van der Waals surface area contributed by atoms with Gasteiger partial charge in [0.1, 0.15) is 28.2 Å². The Labute approximate surface area is 174 Å². The maximum absolute atomic E-state index is 13.0. The fourth-order valence-corrected chi connectivity index (χ4v) is 3.43. The van der Waals surface area contributed by atoms with E-state index in [0.29, 0.717) is 22.6 Å². The summed E-state index contributed by atoms with van der Waals surface area (Å²) < 4.78 is 12.3. The van der Waals surface area contributed by atoms with Crippen LogP contribution < -0.4 is 10.2 Å². The molecule has 0 unspecified atom stereocenters. The monoisotopic (exact) mass is 404 g/mol. The molecule has 0 radical (unpaired) electrons. The Balaban J connectivity index is 2.07. The van der Waals surface area contributed by atoms with E-state index in [4.69, 9.17) is 9.15 Å². The fourth-order valence-electron chi connectivity index (χ4n) is 3.43. The molecule has 1 aliphatic rings. The van der Waals surface area contributed by atoms with Crippen molar-refractivity contribution in [1.82, 2.24) is 0 Å². The Morgan fingerprint density at radius 1 is 1.13 bits per heavy atom. The largest absolute Gasteiger partial charge is 0.506 e. The van der Waals surface area contributed by atoms with Crippen molar-refractivity contribution in [2.75, 3.05) is 0 Å². The average Bonchev–Trinajstić information content (AvgIpc) is 2.66. The van der Waals surface area contributed by atoms with Gasteiger partial charge in [-0.05, 0) is 45.9 Å². The van der Waals surface area contributed by atoms with Crippen LogP contribution in [0.25, 0.3) is 34.4 Å². The molecule has 154 valence electrons. The maximum atomic E-state index is 13.0. The lowest BCUT2D eigenvalue weighted by Crippen LogP contribution is -2.28. The van der Waals surface area contributed by atoms with Crippen molar-refractivity contribution < 1.29 is 19.4 Å². The number of ether oxygens (including phenoxy) is 1. The fraction of sp³-hybridized carbons (Fsp3) is 0.240. The third kappa shape index (κ3) is 3.64. The second-order valence-electron chi connectivity index (χ2n) is 8.58. The summed E-state index contributed by atoms with van der Waals surface area (Å²) in [6, 6.07) is 10.7. The lowest BCUT2D eigenvalue weighted by Gasteiger charge is -2.30. The molecule has 0 spiro atoms. The molecule has 0 saturated heterocycles. The van der Waals surface area contributed by atoms with Gasteiger partial charge in [0, 0.05) is 11.6 Å². The normalized spacial score (nSPS) is 15.4. The van der Waals surface area contributed by atoms with Gasteiger partial charge in [0.05, 0.1) is 16.7 Å². The van der Waals surface area contributed by atoms with Gasteiger partial charge in [-0.25, -0.2) is 0 Å². The first-order valence-corrected chi connectivity index (χ1v) is 9.78. The number of aliphatic hydroxyl groups is 1. The van der Waals surface area contributed by atoms with Gasteiger partial charge in [-0.15, -0.1) is 0 Å². The van der Waals surface area contributed by atoms with Gasteiger partial charge >= 0.3 is 0 Å². The Kier molecular flexibility index (Phi) is 4.59. The molecule has 0 aliphatic carbocycles. The van der Waals surface area contributed by atoms with E-state index in [0.717, 1.165) is 5.56 Å². The third-order valence-electron chi connectivity index (χ3n) is 4.91. The van der Waals surface area contributed by atoms with Gasteiger partial charge < -0.3 is 19.4 Å². The van der Waals surface area contributed by atoms with Crippen LogP contribution in [0.5, 0.6) is 11.5 Å². The first-order valence-electron chi connectivity index (χ1n) is 9.78. The van der Waals surface area contributed by atoms with Crippen molar-refractivity contribution in [3.8, 4) is 22.8 Å². The number of phenols is 1. The molecule has 2 aromatic carbocycles. The Bertz CT molecular complexity index is 1240. The first kappa shape index (κ1) is 20.0. The smallest absolute Gasteiger partial charge is 0.197 e. The predicted molar refractivity (Wildman–Crippen MR) is 119 cm³/mol. The van der Waals surface area contributed by atoms with E-state index >= 15 is 0 Å². The van der Waals surface area contributed by atoms with E-state index in [1.165, 1.54) is 6.07 Å². The van der Waals surface area contributed by atoms with Crippen LogP contribution in [0.15, 0.2) is 57.8 Å². The number of benzene rings is 2. The number of hydrogen-bond donors (Lipinski definition) is 2. The molecule has 0 amide bonds. The lowest BCUT2D eigenvalue weighted by atomic mass is 9.95. The standard InChI is InChI=1S/C25H24O5/c1-24(2,28)12-10-16-21(27)20-18(26)14-19(15-8-6-5-7-9-15)29-23(20)17-11-13-25(3,4)30-22(16)17/h5-14,27-28H,1-4H3. The molecule has 2 N–H and O–H groups in total. The summed E-state index contributed by atoms with van der Waals surface area (Å²) in [5.74, 6) is 0.581. The van der Waals surface area contributed by atoms with E-state index in [-0.39, 0.29) is 22.1 Å². The van der Waals surface area contributed by atoms with E-state index in [2.05, 4.69) is 0 Å². The topological polar surface area (TPSA) is 79.9 Å². The van der Waals surface area contributed by atoms with Crippen molar-refractivity contribution in [2.45, 2.75) is 38.9 Å². The molecule has 0 bridgehead atoms. The van der Waals surface area contributed by atoms with E-state index < -0.39 is 11.2 Å². The number of rotatable bonds is 3. The molecule has 30 heavy (non-hydrogen) atoms. The van der Waals surface area contributed by atoms with Crippen LogP contribution in [0.2, 0.25) is 0 Å². The summed E-state index contributed by atoms with van der Waals surface area (Å²) in [4.78, 5) is 13.0. The minimum atomic E-state index is -1.10. The number of hydrogen-bond acceptors (Lipinski definition) is 5. The molecular weight excluding hydrogens is 380 g/mol.